The third kappa shape index (κ3) is 4.33. The Hall–Kier alpha value is -3.88. The molecule has 34 heavy (non-hydrogen) atoms. The molecule has 3 aromatic rings. The maximum absolute atomic E-state index is 13.1. The van der Waals surface area contributed by atoms with E-state index in [0.29, 0.717) is 41.1 Å². The predicted octanol–water partition coefficient (Wildman–Crippen LogP) is 4.80. The van der Waals surface area contributed by atoms with Crippen LogP contribution in [0, 0.1) is 6.92 Å². The lowest BCUT2D eigenvalue weighted by Crippen LogP contribution is -2.25. The Kier molecular flexibility index (Phi) is 5.80. The Morgan fingerprint density at radius 1 is 1.18 bits per heavy atom. The van der Waals surface area contributed by atoms with Crippen molar-refractivity contribution in [1.29, 1.82) is 0 Å². The topological polar surface area (TPSA) is 117 Å². The Morgan fingerprint density at radius 2 is 1.91 bits per heavy atom. The minimum atomic E-state index is -1.43. The Labute approximate surface area is 195 Å². The summed E-state index contributed by atoms with van der Waals surface area (Å²) in [6.07, 6.45) is -1.55. The van der Waals surface area contributed by atoms with Gasteiger partial charge in [0.25, 0.3) is 5.56 Å². The number of benzene rings is 1. The Bertz CT molecular complexity index is 1380. The summed E-state index contributed by atoms with van der Waals surface area (Å²) in [6, 6.07) is 7.03. The van der Waals surface area contributed by atoms with Crippen LogP contribution in [0.4, 0.5) is 9.59 Å². The van der Waals surface area contributed by atoms with E-state index in [4.69, 9.17) is 19.6 Å². The third-order valence-electron chi connectivity index (χ3n) is 5.64. The number of fused-ring (bicyclic) bond motifs is 4. The zero-order chi connectivity index (χ0) is 24.8. The van der Waals surface area contributed by atoms with Crippen molar-refractivity contribution in [3.8, 4) is 17.1 Å². The van der Waals surface area contributed by atoms with E-state index in [1.165, 1.54) is 0 Å². The van der Waals surface area contributed by atoms with Gasteiger partial charge in [-0.2, -0.15) is 0 Å². The van der Waals surface area contributed by atoms with Crippen LogP contribution in [0.2, 0.25) is 0 Å². The second kappa shape index (κ2) is 8.48. The number of carbonyl (C=O) groups is 2. The van der Waals surface area contributed by atoms with E-state index >= 15 is 0 Å². The van der Waals surface area contributed by atoms with E-state index in [1.807, 2.05) is 13.0 Å². The molecule has 0 amide bonds. The summed E-state index contributed by atoms with van der Waals surface area (Å²) in [4.78, 5) is 40.9. The van der Waals surface area contributed by atoms with E-state index in [0.717, 1.165) is 22.2 Å². The highest BCUT2D eigenvalue weighted by Crippen LogP contribution is 2.37. The van der Waals surface area contributed by atoms with E-state index in [9.17, 15) is 14.4 Å². The first kappa shape index (κ1) is 23.3. The highest BCUT2D eigenvalue weighted by atomic mass is 16.7. The van der Waals surface area contributed by atoms with E-state index in [-0.39, 0.29) is 12.2 Å². The first-order valence-electron chi connectivity index (χ1n) is 10.9. The van der Waals surface area contributed by atoms with Crippen LogP contribution in [0.5, 0.6) is 5.75 Å². The lowest BCUT2D eigenvalue weighted by molar-refractivity contribution is 0.0206. The highest BCUT2D eigenvalue weighted by molar-refractivity contribution is 5.89. The molecule has 0 atom stereocenters. The van der Waals surface area contributed by atoms with Crippen LogP contribution < -0.4 is 10.3 Å². The van der Waals surface area contributed by atoms with E-state index in [1.54, 1.807) is 50.5 Å². The number of aromatic nitrogens is 2. The van der Waals surface area contributed by atoms with Crippen molar-refractivity contribution >= 4 is 23.2 Å². The van der Waals surface area contributed by atoms with Gasteiger partial charge in [0.2, 0.25) is 0 Å². The SMILES string of the molecule is CCc1c2c(nc3ccc(OC(=O)OC(C)(C)C)cc13)-c1cc(C)c(COC(=O)O)c(=O)n1C2. The van der Waals surface area contributed by atoms with Gasteiger partial charge in [0.15, 0.2) is 0 Å². The van der Waals surface area contributed by atoms with Crippen LogP contribution in [-0.2, 0) is 29.0 Å². The highest BCUT2D eigenvalue weighted by Gasteiger charge is 2.27. The van der Waals surface area contributed by atoms with Crippen molar-refractivity contribution in [3.63, 3.8) is 0 Å². The fraction of sp³-hybridized carbons (Fsp3) is 0.360. The summed E-state index contributed by atoms with van der Waals surface area (Å²) in [5.74, 6) is 0.342. The van der Waals surface area contributed by atoms with Crippen molar-refractivity contribution in [2.24, 2.45) is 0 Å². The number of hydrogen-bond donors (Lipinski definition) is 1. The molecule has 0 saturated heterocycles. The molecule has 0 saturated carbocycles. The summed E-state index contributed by atoms with van der Waals surface area (Å²) >= 11 is 0. The van der Waals surface area contributed by atoms with Crippen LogP contribution in [-0.4, -0.2) is 32.6 Å². The van der Waals surface area contributed by atoms with Crippen LogP contribution in [0.3, 0.4) is 0 Å². The molecule has 0 bridgehead atoms. The average Bonchev–Trinajstić information content (AvgIpc) is 3.08. The number of carboxylic acid groups (broad SMARTS) is 1. The van der Waals surface area contributed by atoms with Crippen molar-refractivity contribution in [1.82, 2.24) is 9.55 Å². The molecule has 9 heteroatoms. The number of pyridine rings is 2. The number of hydrogen-bond acceptors (Lipinski definition) is 7. The van der Waals surface area contributed by atoms with Gasteiger partial charge in [-0.1, -0.05) is 6.92 Å². The Balaban J connectivity index is 1.77. The van der Waals surface area contributed by atoms with Crippen LogP contribution in [0.1, 0.15) is 49.9 Å². The summed E-state index contributed by atoms with van der Waals surface area (Å²) in [5, 5.41) is 9.65. The second-order valence-corrected chi connectivity index (χ2v) is 9.15. The molecule has 1 aliphatic heterocycles. The van der Waals surface area contributed by atoms with E-state index in [2.05, 4.69) is 4.74 Å². The van der Waals surface area contributed by atoms with Crippen LogP contribution in [0.25, 0.3) is 22.3 Å². The molecular formula is C25H26N2O7. The van der Waals surface area contributed by atoms with Gasteiger partial charge in [-0.05, 0) is 69.5 Å². The molecule has 0 fully saturated rings. The van der Waals surface area contributed by atoms with Gasteiger partial charge in [0, 0.05) is 10.9 Å². The minimum absolute atomic E-state index is 0.297. The zero-order valence-electron chi connectivity index (χ0n) is 19.7. The molecule has 1 aromatic carbocycles. The number of aryl methyl sites for hydroxylation is 2. The zero-order valence-corrected chi connectivity index (χ0v) is 19.7. The summed E-state index contributed by atoms with van der Waals surface area (Å²) in [5.41, 5.74) is 4.00. The molecule has 3 heterocycles. The second-order valence-electron chi connectivity index (χ2n) is 9.15. The monoisotopic (exact) mass is 466 g/mol. The number of carbonyl (C=O) groups excluding carboxylic acids is 1. The lowest BCUT2D eigenvalue weighted by Gasteiger charge is -2.19. The smallest absolute Gasteiger partial charge is 0.450 e. The third-order valence-corrected chi connectivity index (χ3v) is 5.64. The van der Waals surface area contributed by atoms with Crippen molar-refractivity contribution in [3.05, 3.63) is 56.9 Å². The van der Waals surface area contributed by atoms with Gasteiger partial charge in [-0.3, -0.25) is 4.79 Å². The standard InChI is InChI=1S/C25H26N2O7/c1-6-15-16-10-14(33-24(31)34-25(3,4)5)7-8-19(16)26-21-17(15)11-27-20(21)9-13(2)18(22(27)28)12-32-23(29)30/h7-10H,6,11-12H2,1-5H3,(H,29,30). The van der Waals surface area contributed by atoms with Crippen molar-refractivity contribution < 1.29 is 28.9 Å². The molecule has 1 N–H and O–H groups in total. The van der Waals surface area contributed by atoms with Crippen LogP contribution in [0.15, 0.2) is 29.1 Å². The number of ether oxygens (including phenoxy) is 3. The summed E-state index contributed by atoms with van der Waals surface area (Å²) in [6.45, 7) is 9.06. The molecule has 1 aliphatic rings. The molecule has 0 unspecified atom stereocenters. The summed E-state index contributed by atoms with van der Waals surface area (Å²) < 4.78 is 16.8. The van der Waals surface area contributed by atoms with Crippen molar-refractivity contribution in [2.75, 3.05) is 0 Å². The molecule has 2 aromatic heterocycles. The van der Waals surface area contributed by atoms with Crippen LogP contribution >= 0.6 is 0 Å². The van der Waals surface area contributed by atoms with Crippen molar-refractivity contribution in [2.45, 2.75) is 59.8 Å². The molecular weight excluding hydrogens is 440 g/mol. The largest absolute Gasteiger partial charge is 0.514 e. The molecule has 0 spiro atoms. The lowest BCUT2D eigenvalue weighted by atomic mass is 9.98. The number of nitrogens with zero attached hydrogens (tertiary/aromatic N) is 2. The van der Waals surface area contributed by atoms with Gasteiger partial charge in [-0.15, -0.1) is 0 Å². The fourth-order valence-electron chi connectivity index (χ4n) is 4.20. The van der Waals surface area contributed by atoms with Gasteiger partial charge in [-0.25, -0.2) is 14.6 Å². The maximum atomic E-state index is 13.1. The molecule has 0 radical (unpaired) electrons. The maximum Gasteiger partial charge on any atom is 0.514 e. The quantitative estimate of drug-likeness (QED) is 0.337. The molecule has 178 valence electrons. The molecule has 4 rings (SSSR count). The Morgan fingerprint density at radius 3 is 2.56 bits per heavy atom. The first-order chi connectivity index (χ1) is 16.0. The predicted molar refractivity (Wildman–Crippen MR) is 124 cm³/mol. The molecule has 9 nitrogen and oxygen atoms in total. The van der Waals surface area contributed by atoms with Gasteiger partial charge in [0.05, 0.1) is 29.0 Å². The fourth-order valence-corrected chi connectivity index (χ4v) is 4.20. The van der Waals surface area contributed by atoms with Gasteiger partial charge >= 0.3 is 12.3 Å². The minimum Gasteiger partial charge on any atom is -0.450 e. The van der Waals surface area contributed by atoms with E-state index < -0.39 is 17.9 Å². The molecule has 0 aliphatic carbocycles. The summed E-state index contributed by atoms with van der Waals surface area (Å²) in [7, 11) is 0. The normalized spacial score (nSPS) is 12.3. The van der Waals surface area contributed by atoms with Gasteiger partial charge < -0.3 is 23.9 Å². The number of rotatable bonds is 4. The first-order valence-corrected chi connectivity index (χ1v) is 10.9. The average molecular weight is 466 g/mol. The van der Waals surface area contributed by atoms with Gasteiger partial charge in [0.1, 0.15) is 18.0 Å².